The average Bonchev–Trinajstić information content (AvgIpc) is 2.87. The Balaban J connectivity index is 2.41. The molecular formula is C11H16N4S2. The summed E-state index contributed by atoms with van der Waals surface area (Å²) < 4.78 is 2.72. The van der Waals surface area contributed by atoms with Gasteiger partial charge in [0.1, 0.15) is 0 Å². The molecule has 17 heavy (non-hydrogen) atoms. The van der Waals surface area contributed by atoms with E-state index in [-0.39, 0.29) is 0 Å². The highest BCUT2D eigenvalue weighted by atomic mass is 32.1. The SMILES string of the molecule is CCCn1c(-c2cnc(C(C)C)s2)n[nH]c1=S. The van der Waals surface area contributed by atoms with Crippen molar-refractivity contribution < 1.29 is 0 Å². The molecule has 0 saturated carbocycles. The van der Waals surface area contributed by atoms with Crippen molar-refractivity contribution in [1.82, 2.24) is 19.7 Å². The lowest BCUT2D eigenvalue weighted by Gasteiger charge is -2.02. The molecular weight excluding hydrogens is 252 g/mol. The highest BCUT2D eigenvalue weighted by Gasteiger charge is 2.13. The summed E-state index contributed by atoms with van der Waals surface area (Å²) in [6.45, 7) is 7.31. The summed E-state index contributed by atoms with van der Waals surface area (Å²) in [7, 11) is 0. The van der Waals surface area contributed by atoms with E-state index >= 15 is 0 Å². The van der Waals surface area contributed by atoms with Crippen molar-refractivity contribution in [1.29, 1.82) is 0 Å². The second kappa shape index (κ2) is 5.10. The van der Waals surface area contributed by atoms with Crippen LogP contribution in [0.1, 0.15) is 38.1 Å². The molecule has 0 aliphatic rings. The first-order valence-electron chi connectivity index (χ1n) is 5.74. The number of hydrogen-bond donors (Lipinski definition) is 1. The van der Waals surface area contributed by atoms with Crippen LogP contribution in [0, 0.1) is 4.77 Å². The van der Waals surface area contributed by atoms with Crippen molar-refractivity contribution in [2.45, 2.75) is 39.7 Å². The zero-order valence-electron chi connectivity index (χ0n) is 10.2. The van der Waals surface area contributed by atoms with Crippen molar-refractivity contribution in [2.24, 2.45) is 0 Å². The third-order valence-electron chi connectivity index (χ3n) is 2.44. The molecule has 0 aromatic carbocycles. The number of nitrogens with zero attached hydrogens (tertiary/aromatic N) is 3. The van der Waals surface area contributed by atoms with E-state index in [0.29, 0.717) is 10.7 Å². The van der Waals surface area contributed by atoms with Crippen LogP contribution in [0.3, 0.4) is 0 Å². The molecule has 2 rings (SSSR count). The molecule has 4 nitrogen and oxygen atoms in total. The van der Waals surface area contributed by atoms with Gasteiger partial charge in [0.2, 0.25) is 0 Å². The Morgan fingerprint density at radius 1 is 1.53 bits per heavy atom. The van der Waals surface area contributed by atoms with E-state index in [1.807, 2.05) is 10.8 Å². The normalized spacial score (nSPS) is 11.3. The van der Waals surface area contributed by atoms with Gasteiger partial charge in [-0.05, 0) is 18.6 Å². The number of hydrogen-bond acceptors (Lipinski definition) is 4. The van der Waals surface area contributed by atoms with E-state index in [0.717, 1.165) is 28.7 Å². The topological polar surface area (TPSA) is 46.5 Å². The Morgan fingerprint density at radius 2 is 2.29 bits per heavy atom. The van der Waals surface area contributed by atoms with Crippen molar-refractivity contribution in [3.8, 4) is 10.7 Å². The minimum Gasteiger partial charge on any atom is -0.299 e. The Labute approximate surface area is 110 Å². The predicted octanol–water partition coefficient (Wildman–Crippen LogP) is 3.60. The summed E-state index contributed by atoms with van der Waals surface area (Å²) >= 11 is 6.91. The highest BCUT2D eigenvalue weighted by Crippen LogP contribution is 2.28. The van der Waals surface area contributed by atoms with Crippen molar-refractivity contribution in [3.63, 3.8) is 0 Å². The number of aromatic nitrogens is 4. The fourth-order valence-corrected chi connectivity index (χ4v) is 2.74. The molecule has 1 N–H and O–H groups in total. The summed E-state index contributed by atoms with van der Waals surface area (Å²) in [4.78, 5) is 5.50. The van der Waals surface area contributed by atoms with E-state index in [1.54, 1.807) is 11.3 Å². The quantitative estimate of drug-likeness (QED) is 0.862. The summed E-state index contributed by atoms with van der Waals surface area (Å²) in [5.74, 6) is 1.36. The van der Waals surface area contributed by atoms with Crippen LogP contribution in [-0.2, 0) is 6.54 Å². The van der Waals surface area contributed by atoms with Crippen LogP contribution in [0.2, 0.25) is 0 Å². The van der Waals surface area contributed by atoms with Gasteiger partial charge in [-0.3, -0.25) is 9.67 Å². The second-order valence-electron chi connectivity index (χ2n) is 4.22. The highest BCUT2D eigenvalue weighted by molar-refractivity contribution is 7.71. The molecule has 0 amide bonds. The van der Waals surface area contributed by atoms with Gasteiger partial charge in [-0.15, -0.1) is 11.3 Å². The van der Waals surface area contributed by atoms with Gasteiger partial charge in [0.25, 0.3) is 0 Å². The molecule has 0 saturated heterocycles. The van der Waals surface area contributed by atoms with Gasteiger partial charge in [0.05, 0.1) is 9.88 Å². The predicted molar refractivity (Wildman–Crippen MR) is 72.9 cm³/mol. The lowest BCUT2D eigenvalue weighted by Crippen LogP contribution is -1.98. The monoisotopic (exact) mass is 268 g/mol. The van der Waals surface area contributed by atoms with Crippen LogP contribution >= 0.6 is 23.6 Å². The van der Waals surface area contributed by atoms with Crippen molar-refractivity contribution in [2.75, 3.05) is 0 Å². The van der Waals surface area contributed by atoms with Crippen molar-refractivity contribution in [3.05, 3.63) is 16.0 Å². The van der Waals surface area contributed by atoms with E-state index in [1.165, 1.54) is 0 Å². The van der Waals surface area contributed by atoms with Gasteiger partial charge in [-0.1, -0.05) is 20.8 Å². The Bertz CT molecular complexity index is 550. The van der Waals surface area contributed by atoms with Crippen LogP contribution in [-0.4, -0.2) is 19.7 Å². The van der Waals surface area contributed by atoms with Gasteiger partial charge < -0.3 is 0 Å². The van der Waals surface area contributed by atoms with Gasteiger partial charge in [0, 0.05) is 18.7 Å². The van der Waals surface area contributed by atoms with Gasteiger partial charge in [-0.25, -0.2) is 4.98 Å². The van der Waals surface area contributed by atoms with E-state index in [4.69, 9.17) is 12.2 Å². The molecule has 92 valence electrons. The molecule has 0 aliphatic heterocycles. The van der Waals surface area contributed by atoms with Crippen LogP contribution in [0.4, 0.5) is 0 Å². The smallest absolute Gasteiger partial charge is 0.195 e. The fraction of sp³-hybridized carbons (Fsp3) is 0.545. The first-order valence-corrected chi connectivity index (χ1v) is 6.97. The standard InChI is InChI=1S/C11H16N4S2/c1-4-5-15-9(13-14-11(15)16)8-6-12-10(17-8)7(2)3/h6-7H,4-5H2,1-3H3,(H,14,16). The van der Waals surface area contributed by atoms with Gasteiger partial charge in [-0.2, -0.15) is 5.10 Å². The first kappa shape index (κ1) is 12.4. The number of thiazole rings is 1. The molecule has 0 aliphatic carbocycles. The average molecular weight is 268 g/mol. The largest absolute Gasteiger partial charge is 0.299 e. The maximum Gasteiger partial charge on any atom is 0.195 e. The molecule has 0 radical (unpaired) electrons. The maximum atomic E-state index is 5.23. The summed E-state index contributed by atoms with van der Waals surface area (Å²) in [6, 6.07) is 0. The molecule has 2 aromatic heterocycles. The summed E-state index contributed by atoms with van der Waals surface area (Å²) in [5.41, 5.74) is 0. The summed E-state index contributed by atoms with van der Waals surface area (Å²) in [5, 5.41) is 8.28. The molecule has 2 aromatic rings. The molecule has 0 spiro atoms. The number of aromatic amines is 1. The van der Waals surface area contributed by atoms with Gasteiger partial charge >= 0.3 is 0 Å². The van der Waals surface area contributed by atoms with Gasteiger partial charge in [0.15, 0.2) is 10.6 Å². The molecule has 0 atom stereocenters. The van der Waals surface area contributed by atoms with Crippen LogP contribution in [0.5, 0.6) is 0 Å². The molecule has 0 unspecified atom stereocenters. The fourth-order valence-electron chi connectivity index (χ4n) is 1.59. The zero-order chi connectivity index (χ0) is 12.4. The minimum atomic E-state index is 0.454. The molecule has 0 fully saturated rings. The Morgan fingerprint density at radius 3 is 2.88 bits per heavy atom. The van der Waals surface area contributed by atoms with Crippen molar-refractivity contribution >= 4 is 23.6 Å². The number of nitrogens with one attached hydrogen (secondary N) is 1. The maximum absolute atomic E-state index is 5.23. The van der Waals surface area contributed by atoms with Crippen LogP contribution in [0.15, 0.2) is 6.20 Å². The molecule has 2 heterocycles. The lowest BCUT2D eigenvalue weighted by molar-refractivity contribution is 0.675. The van der Waals surface area contributed by atoms with E-state index in [9.17, 15) is 0 Å². The molecule has 6 heteroatoms. The van der Waals surface area contributed by atoms with Crippen LogP contribution < -0.4 is 0 Å². The van der Waals surface area contributed by atoms with E-state index < -0.39 is 0 Å². The van der Waals surface area contributed by atoms with E-state index in [2.05, 4.69) is 36.0 Å². The first-order chi connectivity index (χ1) is 8.13. The summed E-state index contributed by atoms with van der Waals surface area (Å²) in [6.07, 6.45) is 2.92. The Kier molecular flexibility index (Phi) is 3.73. The third kappa shape index (κ3) is 2.47. The minimum absolute atomic E-state index is 0.454. The Hall–Kier alpha value is -1.01. The zero-order valence-corrected chi connectivity index (χ0v) is 11.9. The number of H-pyrrole nitrogens is 1. The molecule has 0 bridgehead atoms. The lowest BCUT2D eigenvalue weighted by atomic mass is 10.2. The number of rotatable bonds is 4. The van der Waals surface area contributed by atoms with Crippen LogP contribution in [0.25, 0.3) is 10.7 Å². The second-order valence-corrected chi connectivity index (χ2v) is 5.67. The third-order valence-corrected chi connectivity index (χ3v) is 4.05.